The van der Waals surface area contributed by atoms with Gasteiger partial charge in [-0.2, -0.15) is 4.31 Å². The first-order chi connectivity index (χ1) is 14.8. The molecule has 9 heteroatoms. The molecule has 2 aromatic carbocycles. The van der Waals surface area contributed by atoms with Crippen molar-refractivity contribution < 1.29 is 13.2 Å². The van der Waals surface area contributed by atoms with Gasteiger partial charge < -0.3 is 4.90 Å². The van der Waals surface area contributed by atoms with E-state index in [1.807, 2.05) is 56.3 Å². The molecule has 0 spiro atoms. The van der Waals surface area contributed by atoms with Gasteiger partial charge in [0, 0.05) is 26.2 Å². The third-order valence-corrected chi connectivity index (χ3v) is 7.34. The summed E-state index contributed by atoms with van der Waals surface area (Å²) < 4.78 is 28.6. The van der Waals surface area contributed by atoms with Crippen LogP contribution in [0.15, 0.2) is 54.6 Å². The highest BCUT2D eigenvalue weighted by molar-refractivity contribution is 7.88. The Kier molecular flexibility index (Phi) is 5.88. The normalized spacial score (nSPS) is 15.2. The van der Waals surface area contributed by atoms with Gasteiger partial charge in [-0.3, -0.25) is 4.79 Å². The summed E-state index contributed by atoms with van der Waals surface area (Å²) in [4.78, 5) is 14.7. The first-order valence-electron chi connectivity index (χ1n) is 10.2. The van der Waals surface area contributed by atoms with Gasteiger partial charge in [0.25, 0.3) is 5.91 Å². The molecule has 3 aromatic rings. The molecule has 1 amide bonds. The molecule has 1 aliphatic rings. The zero-order valence-corrected chi connectivity index (χ0v) is 18.4. The number of amides is 1. The second-order valence-corrected chi connectivity index (χ2v) is 9.67. The highest BCUT2D eigenvalue weighted by atomic mass is 32.2. The molecule has 8 nitrogen and oxygen atoms in total. The van der Waals surface area contributed by atoms with Crippen molar-refractivity contribution in [3.63, 3.8) is 0 Å². The molecule has 0 N–H and O–H groups in total. The highest BCUT2D eigenvalue weighted by Crippen LogP contribution is 2.18. The van der Waals surface area contributed by atoms with E-state index in [1.165, 1.54) is 4.31 Å². The average molecular weight is 440 g/mol. The molecule has 4 rings (SSSR count). The Morgan fingerprint density at radius 2 is 1.58 bits per heavy atom. The van der Waals surface area contributed by atoms with Crippen molar-refractivity contribution in [2.75, 3.05) is 26.2 Å². The topological polar surface area (TPSA) is 88.4 Å². The molecule has 0 unspecified atom stereocenters. The Labute approximate surface area is 182 Å². The summed E-state index contributed by atoms with van der Waals surface area (Å²) in [5.74, 6) is -0.262. The van der Waals surface area contributed by atoms with Gasteiger partial charge in [0.1, 0.15) is 0 Å². The Morgan fingerprint density at radius 1 is 0.935 bits per heavy atom. The van der Waals surface area contributed by atoms with Crippen molar-refractivity contribution >= 4 is 15.9 Å². The summed E-state index contributed by atoms with van der Waals surface area (Å²) in [6, 6.07) is 16.9. The lowest BCUT2D eigenvalue weighted by molar-refractivity contribution is 0.0691. The van der Waals surface area contributed by atoms with Gasteiger partial charge >= 0.3 is 0 Å². The number of aryl methyl sites for hydroxylation is 1. The molecule has 0 bridgehead atoms. The van der Waals surface area contributed by atoms with Gasteiger partial charge in [0.15, 0.2) is 5.69 Å². The maximum absolute atomic E-state index is 13.0. The van der Waals surface area contributed by atoms with Crippen LogP contribution in [0.3, 0.4) is 0 Å². The van der Waals surface area contributed by atoms with Gasteiger partial charge in [-0.05, 0) is 31.5 Å². The van der Waals surface area contributed by atoms with Crippen molar-refractivity contribution in [3.05, 3.63) is 77.1 Å². The molecular weight excluding hydrogens is 414 g/mol. The fourth-order valence-corrected chi connectivity index (χ4v) is 5.17. The Morgan fingerprint density at radius 3 is 2.23 bits per heavy atom. The smallest absolute Gasteiger partial charge is 0.276 e. The number of rotatable bonds is 5. The highest BCUT2D eigenvalue weighted by Gasteiger charge is 2.31. The maximum atomic E-state index is 13.0. The molecule has 0 atom stereocenters. The van der Waals surface area contributed by atoms with Gasteiger partial charge in [-0.15, -0.1) is 5.10 Å². The SMILES string of the molecule is Cc1ccc(-n2nnc(C(=O)N3CCN(S(=O)(=O)Cc4ccccc4)CC3)c2C)cc1. The number of hydrogen-bond acceptors (Lipinski definition) is 5. The average Bonchev–Trinajstić information content (AvgIpc) is 3.15. The maximum Gasteiger partial charge on any atom is 0.276 e. The Bertz CT molecular complexity index is 1170. The first kappa shape index (κ1) is 21.2. The van der Waals surface area contributed by atoms with Gasteiger partial charge in [-0.25, -0.2) is 13.1 Å². The van der Waals surface area contributed by atoms with E-state index in [4.69, 9.17) is 0 Å². The molecule has 0 aliphatic carbocycles. The third kappa shape index (κ3) is 4.52. The van der Waals surface area contributed by atoms with Gasteiger partial charge in [-0.1, -0.05) is 53.2 Å². The number of benzene rings is 2. The molecule has 1 fully saturated rings. The molecule has 1 aliphatic heterocycles. The second kappa shape index (κ2) is 8.60. The van der Waals surface area contributed by atoms with Crippen molar-refractivity contribution in [1.29, 1.82) is 0 Å². The Balaban J connectivity index is 1.42. The minimum Gasteiger partial charge on any atom is -0.335 e. The summed E-state index contributed by atoms with van der Waals surface area (Å²) >= 11 is 0. The predicted octanol–water partition coefficient (Wildman–Crippen LogP) is 2.17. The quantitative estimate of drug-likeness (QED) is 0.608. The standard InChI is InChI=1S/C22H25N5O3S/c1-17-8-10-20(11-9-17)27-18(2)21(23-24-27)22(28)25-12-14-26(15-13-25)31(29,30)16-19-6-4-3-5-7-19/h3-11H,12-16H2,1-2H3. The molecule has 0 radical (unpaired) electrons. The minimum absolute atomic E-state index is 0.0359. The summed E-state index contributed by atoms with van der Waals surface area (Å²) in [6.07, 6.45) is 0. The molecule has 162 valence electrons. The second-order valence-electron chi connectivity index (χ2n) is 7.70. The minimum atomic E-state index is -3.43. The number of carbonyl (C=O) groups excluding carboxylic acids is 1. The summed E-state index contributed by atoms with van der Waals surface area (Å²) in [7, 11) is -3.43. The van der Waals surface area contributed by atoms with Crippen LogP contribution in [0, 0.1) is 13.8 Å². The lowest BCUT2D eigenvalue weighted by Gasteiger charge is -2.33. The number of carbonyl (C=O) groups is 1. The van der Waals surface area contributed by atoms with E-state index in [0.717, 1.165) is 16.8 Å². The zero-order chi connectivity index (χ0) is 22.0. The molecule has 1 aromatic heterocycles. The van der Waals surface area contributed by atoms with Crippen LogP contribution in [0.25, 0.3) is 5.69 Å². The van der Waals surface area contributed by atoms with Crippen molar-refractivity contribution in [2.45, 2.75) is 19.6 Å². The summed E-state index contributed by atoms with van der Waals surface area (Å²) in [5.41, 5.74) is 3.68. The molecular formula is C22H25N5O3S. The van der Waals surface area contributed by atoms with Crippen LogP contribution in [0.1, 0.15) is 27.3 Å². The number of nitrogens with zero attached hydrogens (tertiary/aromatic N) is 5. The van der Waals surface area contributed by atoms with Crippen LogP contribution in [0.5, 0.6) is 0 Å². The van der Waals surface area contributed by atoms with Crippen LogP contribution in [-0.4, -0.2) is 64.7 Å². The van der Waals surface area contributed by atoms with E-state index in [9.17, 15) is 13.2 Å². The largest absolute Gasteiger partial charge is 0.335 e. The van der Waals surface area contributed by atoms with Crippen LogP contribution < -0.4 is 0 Å². The molecule has 1 saturated heterocycles. The summed E-state index contributed by atoms with van der Waals surface area (Å²) in [5, 5.41) is 8.25. The van der Waals surface area contributed by atoms with Crippen molar-refractivity contribution in [1.82, 2.24) is 24.2 Å². The van der Waals surface area contributed by atoms with Crippen LogP contribution >= 0.6 is 0 Å². The first-order valence-corrected chi connectivity index (χ1v) is 11.8. The summed E-state index contributed by atoms with van der Waals surface area (Å²) in [6.45, 7) is 5.01. The number of sulfonamides is 1. The fourth-order valence-electron chi connectivity index (χ4n) is 3.65. The van der Waals surface area contributed by atoms with Gasteiger partial charge in [0.2, 0.25) is 10.0 Å². The lowest BCUT2D eigenvalue weighted by atomic mass is 10.2. The van der Waals surface area contributed by atoms with E-state index >= 15 is 0 Å². The number of aromatic nitrogens is 3. The molecule has 0 saturated carbocycles. The van der Waals surface area contributed by atoms with Crippen molar-refractivity contribution in [2.24, 2.45) is 0 Å². The van der Waals surface area contributed by atoms with E-state index in [0.29, 0.717) is 24.5 Å². The van der Waals surface area contributed by atoms with Crippen LogP contribution in [0.4, 0.5) is 0 Å². The number of hydrogen-bond donors (Lipinski definition) is 0. The zero-order valence-electron chi connectivity index (χ0n) is 17.6. The monoisotopic (exact) mass is 439 g/mol. The molecule has 2 heterocycles. The third-order valence-electron chi connectivity index (χ3n) is 5.49. The number of piperazine rings is 1. The van der Waals surface area contributed by atoms with E-state index in [-0.39, 0.29) is 24.7 Å². The lowest BCUT2D eigenvalue weighted by Crippen LogP contribution is -2.50. The van der Waals surface area contributed by atoms with Crippen molar-refractivity contribution in [3.8, 4) is 5.69 Å². The van der Waals surface area contributed by atoms with Crippen LogP contribution in [-0.2, 0) is 15.8 Å². The van der Waals surface area contributed by atoms with E-state index in [2.05, 4.69) is 10.3 Å². The van der Waals surface area contributed by atoms with E-state index in [1.54, 1.807) is 21.7 Å². The van der Waals surface area contributed by atoms with Crippen LogP contribution in [0.2, 0.25) is 0 Å². The van der Waals surface area contributed by atoms with Gasteiger partial charge in [0.05, 0.1) is 17.1 Å². The molecule has 31 heavy (non-hydrogen) atoms. The fraction of sp³-hybridized carbons (Fsp3) is 0.318. The Hall–Kier alpha value is -3.04. The van der Waals surface area contributed by atoms with E-state index < -0.39 is 10.0 Å². The predicted molar refractivity (Wildman–Crippen MR) is 117 cm³/mol.